The minimum absolute atomic E-state index is 0.177. The van der Waals surface area contributed by atoms with Crippen LogP contribution < -0.4 is 5.32 Å². The Balaban J connectivity index is 2.75. The first-order valence-electron chi connectivity index (χ1n) is 7.13. The number of nitrogens with one attached hydrogen (secondary N) is 1. The third kappa shape index (κ3) is 4.09. The van der Waals surface area contributed by atoms with Gasteiger partial charge in [-0.2, -0.15) is 0 Å². The van der Waals surface area contributed by atoms with Crippen molar-refractivity contribution in [3.05, 3.63) is 24.0 Å². The summed E-state index contributed by atoms with van der Waals surface area (Å²) >= 11 is 0. The highest BCUT2D eigenvalue weighted by atomic mass is 32.2. The molecule has 0 amide bonds. The zero-order valence-corrected chi connectivity index (χ0v) is 14.3. The fourth-order valence-electron chi connectivity index (χ4n) is 2.20. The molecule has 0 bridgehead atoms. The highest BCUT2D eigenvalue weighted by Gasteiger charge is 2.28. The van der Waals surface area contributed by atoms with Gasteiger partial charge in [0.05, 0.1) is 10.5 Å². The summed E-state index contributed by atoms with van der Waals surface area (Å²) in [5.74, 6) is 0.672. The second kappa shape index (κ2) is 6.31. The van der Waals surface area contributed by atoms with E-state index >= 15 is 0 Å². The van der Waals surface area contributed by atoms with Gasteiger partial charge in [-0.25, -0.2) is 8.42 Å². The molecule has 0 saturated heterocycles. The molecule has 1 aromatic rings. The SMILES string of the molecule is CNC(c1ccn(CCS(=O)(=O)C(C)(C)C)c1)C(C)C. The van der Waals surface area contributed by atoms with Gasteiger partial charge in [-0.05, 0) is 45.4 Å². The second-order valence-corrected chi connectivity index (χ2v) is 9.49. The number of nitrogens with zero attached hydrogens (tertiary/aromatic N) is 1. The minimum Gasteiger partial charge on any atom is -0.353 e. The van der Waals surface area contributed by atoms with Crippen molar-refractivity contribution in [3.8, 4) is 0 Å². The molecule has 1 aromatic heterocycles. The Hall–Kier alpha value is -0.810. The standard InChI is InChI=1S/C15H28N2O2S/c1-12(2)14(16-6)13-7-8-17(11-13)9-10-20(18,19)15(3,4)5/h7-8,11-12,14,16H,9-10H2,1-6H3. The van der Waals surface area contributed by atoms with Gasteiger partial charge in [0, 0.05) is 25.0 Å². The maximum absolute atomic E-state index is 12.1. The van der Waals surface area contributed by atoms with Crippen LogP contribution in [-0.4, -0.2) is 30.5 Å². The molecule has 0 aromatic carbocycles. The molecule has 0 saturated carbocycles. The summed E-state index contributed by atoms with van der Waals surface area (Å²) in [5, 5.41) is 3.30. The van der Waals surface area contributed by atoms with Gasteiger partial charge in [0.15, 0.2) is 9.84 Å². The van der Waals surface area contributed by atoms with E-state index in [0.29, 0.717) is 18.5 Å². The van der Waals surface area contributed by atoms with Crippen LogP contribution in [-0.2, 0) is 16.4 Å². The van der Waals surface area contributed by atoms with Gasteiger partial charge in [-0.1, -0.05) is 13.8 Å². The lowest BCUT2D eigenvalue weighted by atomic mass is 9.99. The Morgan fingerprint density at radius 1 is 1.30 bits per heavy atom. The first kappa shape index (κ1) is 17.2. The van der Waals surface area contributed by atoms with E-state index in [1.54, 1.807) is 20.8 Å². The molecule has 5 heteroatoms. The fraction of sp³-hybridized carbons (Fsp3) is 0.733. The highest BCUT2D eigenvalue weighted by molar-refractivity contribution is 7.92. The number of aromatic nitrogens is 1. The fourth-order valence-corrected chi connectivity index (χ4v) is 3.26. The molecule has 1 heterocycles. The lowest BCUT2D eigenvalue weighted by Gasteiger charge is -2.20. The Labute approximate surface area is 123 Å². The first-order valence-corrected chi connectivity index (χ1v) is 8.79. The van der Waals surface area contributed by atoms with Crippen molar-refractivity contribution in [3.63, 3.8) is 0 Å². The van der Waals surface area contributed by atoms with E-state index in [-0.39, 0.29) is 5.75 Å². The van der Waals surface area contributed by atoms with Crippen molar-refractivity contribution in [1.29, 1.82) is 0 Å². The second-order valence-electron chi connectivity index (χ2n) is 6.62. The molecule has 1 N–H and O–H groups in total. The van der Waals surface area contributed by atoms with Gasteiger partial charge in [-0.15, -0.1) is 0 Å². The predicted molar refractivity (Wildman–Crippen MR) is 84.6 cm³/mol. The summed E-state index contributed by atoms with van der Waals surface area (Å²) in [5.41, 5.74) is 1.20. The Morgan fingerprint density at radius 3 is 2.35 bits per heavy atom. The summed E-state index contributed by atoms with van der Waals surface area (Å²) in [6, 6.07) is 2.36. The maximum Gasteiger partial charge on any atom is 0.156 e. The van der Waals surface area contributed by atoms with E-state index in [0.717, 1.165) is 0 Å². The molecule has 0 spiro atoms. The summed E-state index contributed by atoms with van der Waals surface area (Å²) < 4.78 is 25.5. The van der Waals surface area contributed by atoms with Crippen LogP contribution in [0.1, 0.15) is 46.2 Å². The van der Waals surface area contributed by atoms with Crippen LogP contribution >= 0.6 is 0 Å². The molecule has 1 rings (SSSR count). The molecule has 4 nitrogen and oxygen atoms in total. The molecular formula is C15H28N2O2S. The van der Waals surface area contributed by atoms with Crippen molar-refractivity contribution in [2.45, 2.75) is 52.0 Å². The van der Waals surface area contributed by atoms with Crippen molar-refractivity contribution < 1.29 is 8.42 Å². The first-order chi connectivity index (χ1) is 9.08. The summed E-state index contributed by atoms with van der Waals surface area (Å²) in [4.78, 5) is 0. The number of rotatable bonds is 6. The Kier molecular flexibility index (Phi) is 5.44. The van der Waals surface area contributed by atoms with Crippen molar-refractivity contribution >= 4 is 9.84 Å². The van der Waals surface area contributed by atoms with E-state index in [2.05, 4.69) is 25.2 Å². The van der Waals surface area contributed by atoms with Crippen LogP contribution in [0.3, 0.4) is 0 Å². The van der Waals surface area contributed by atoms with Crippen LogP contribution in [0, 0.1) is 5.92 Å². The molecular weight excluding hydrogens is 272 g/mol. The molecule has 0 aliphatic carbocycles. The molecule has 1 atom stereocenters. The maximum atomic E-state index is 12.1. The van der Waals surface area contributed by atoms with Crippen LogP contribution in [0.15, 0.2) is 18.5 Å². The average molecular weight is 300 g/mol. The largest absolute Gasteiger partial charge is 0.353 e. The molecule has 116 valence electrons. The zero-order valence-electron chi connectivity index (χ0n) is 13.5. The van der Waals surface area contributed by atoms with Gasteiger partial charge in [-0.3, -0.25) is 0 Å². The van der Waals surface area contributed by atoms with E-state index in [1.165, 1.54) is 5.56 Å². The molecule has 20 heavy (non-hydrogen) atoms. The summed E-state index contributed by atoms with van der Waals surface area (Å²) in [6.07, 6.45) is 4.00. The smallest absolute Gasteiger partial charge is 0.156 e. The van der Waals surface area contributed by atoms with E-state index in [4.69, 9.17) is 0 Å². The van der Waals surface area contributed by atoms with Crippen molar-refractivity contribution in [2.75, 3.05) is 12.8 Å². The summed E-state index contributed by atoms with van der Waals surface area (Å²) in [6.45, 7) is 10.1. The highest BCUT2D eigenvalue weighted by Crippen LogP contribution is 2.22. The third-order valence-corrected chi connectivity index (χ3v) is 6.25. The molecule has 0 fully saturated rings. The Bertz CT molecular complexity index is 524. The monoisotopic (exact) mass is 300 g/mol. The third-order valence-electron chi connectivity index (χ3n) is 3.66. The van der Waals surface area contributed by atoms with Crippen molar-refractivity contribution in [2.24, 2.45) is 5.92 Å². The van der Waals surface area contributed by atoms with Crippen LogP contribution in [0.2, 0.25) is 0 Å². The lowest BCUT2D eigenvalue weighted by Crippen LogP contribution is -2.31. The molecule has 1 unspecified atom stereocenters. The topological polar surface area (TPSA) is 51.1 Å². The van der Waals surface area contributed by atoms with Gasteiger partial charge >= 0.3 is 0 Å². The van der Waals surface area contributed by atoms with Crippen LogP contribution in [0.5, 0.6) is 0 Å². The lowest BCUT2D eigenvalue weighted by molar-refractivity contribution is 0.442. The average Bonchev–Trinajstić information content (AvgIpc) is 2.74. The van der Waals surface area contributed by atoms with Crippen LogP contribution in [0.4, 0.5) is 0 Å². The quantitative estimate of drug-likeness (QED) is 0.878. The van der Waals surface area contributed by atoms with Gasteiger partial charge in [0.2, 0.25) is 0 Å². The van der Waals surface area contributed by atoms with Crippen LogP contribution in [0.25, 0.3) is 0 Å². The van der Waals surface area contributed by atoms with E-state index < -0.39 is 14.6 Å². The molecule has 0 aliphatic rings. The van der Waals surface area contributed by atoms with Gasteiger partial charge in [0.1, 0.15) is 0 Å². The van der Waals surface area contributed by atoms with Crippen molar-refractivity contribution in [1.82, 2.24) is 9.88 Å². The number of hydrogen-bond donors (Lipinski definition) is 1. The number of hydrogen-bond acceptors (Lipinski definition) is 3. The Morgan fingerprint density at radius 2 is 1.90 bits per heavy atom. The normalized spacial score (nSPS) is 14.8. The zero-order chi connectivity index (χ0) is 15.6. The van der Waals surface area contributed by atoms with E-state index in [1.807, 2.05) is 24.0 Å². The number of sulfone groups is 1. The minimum atomic E-state index is -3.07. The van der Waals surface area contributed by atoms with E-state index in [9.17, 15) is 8.42 Å². The summed E-state index contributed by atoms with van der Waals surface area (Å²) in [7, 11) is -1.11. The van der Waals surface area contributed by atoms with Gasteiger partial charge < -0.3 is 9.88 Å². The molecule has 0 radical (unpaired) electrons. The number of aryl methyl sites for hydroxylation is 1. The van der Waals surface area contributed by atoms with Gasteiger partial charge in [0.25, 0.3) is 0 Å². The predicted octanol–water partition coefficient (Wildman–Crippen LogP) is 2.62. The molecule has 0 aliphatic heterocycles.